The second-order valence-corrected chi connectivity index (χ2v) is 6.73. The van der Waals surface area contributed by atoms with Gasteiger partial charge in [0.2, 0.25) is 5.88 Å². The van der Waals surface area contributed by atoms with Gasteiger partial charge in [-0.2, -0.15) is 5.26 Å². The highest BCUT2D eigenvalue weighted by Gasteiger charge is 2.49. The molecular weight excluding hydrogens is 312 g/mol. The highest BCUT2D eigenvalue weighted by molar-refractivity contribution is 5.70. The third-order valence-corrected chi connectivity index (χ3v) is 5.39. The number of allylic oxidation sites excluding steroid dienone is 1. The average Bonchev–Trinajstić information content (AvgIpc) is 3.07. The highest BCUT2D eigenvalue weighted by atomic mass is 16.5. The zero-order chi connectivity index (χ0) is 16.8. The fourth-order valence-corrected chi connectivity index (χ4v) is 4.37. The third-order valence-electron chi connectivity index (χ3n) is 5.39. The fraction of sp³-hybridized carbons (Fsp3) is 0.286. The molecule has 5 rings (SSSR count). The first kappa shape index (κ1) is 14.6. The first-order valence-electron chi connectivity index (χ1n) is 8.75. The highest BCUT2D eigenvalue weighted by Crippen LogP contribution is 2.52. The van der Waals surface area contributed by atoms with Crippen LogP contribution in [0.1, 0.15) is 24.3 Å². The molecule has 0 radical (unpaired) electrons. The van der Waals surface area contributed by atoms with Crippen LogP contribution in [0.25, 0.3) is 0 Å². The summed E-state index contributed by atoms with van der Waals surface area (Å²) in [5.74, 6) is 1.69. The van der Waals surface area contributed by atoms with Crippen LogP contribution in [0, 0.1) is 17.2 Å². The number of hydrogen-bond donors (Lipinski definition) is 0. The van der Waals surface area contributed by atoms with Crippen molar-refractivity contribution in [1.82, 2.24) is 0 Å². The van der Waals surface area contributed by atoms with Crippen molar-refractivity contribution in [1.29, 1.82) is 5.26 Å². The van der Waals surface area contributed by atoms with Gasteiger partial charge in [-0.05, 0) is 30.5 Å². The van der Waals surface area contributed by atoms with Crippen molar-refractivity contribution in [3.05, 3.63) is 71.6 Å². The molecule has 0 bridgehead atoms. The van der Waals surface area contributed by atoms with Gasteiger partial charge in [0, 0.05) is 18.4 Å². The van der Waals surface area contributed by atoms with Gasteiger partial charge in [-0.15, -0.1) is 0 Å². The van der Waals surface area contributed by atoms with E-state index in [1.54, 1.807) is 0 Å². The zero-order valence-corrected chi connectivity index (χ0v) is 13.8. The Labute approximate surface area is 146 Å². The predicted octanol–water partition coefficient (Wildman–Crippen LogP) is 4.17. The van der Waals surface area contributed by atoms with Crippen LogP contribution in [-0.2, 0) is 4.74 Å². The lowest BCUT2D eigenvalue weighted by Gasteiger charge is -2.45. The van der Waals surface area contributed by atoms with Gasteiger partial charge in [0.15, 0.2) is 5.75 Å². The molecule has 2 aromatic carbocycles. The Bertz CT molecular complexity index is 884. The summed E-state index contributed by atoms with van der Waals surface area (Å²) >= 11 is 0. The van der Waals surface area contributed by atoms with Crippen molar-refractivity contribution in [2.75, 3.05) is 11.5 Å². The minimum atomic E-state index is -0.0882. The lowest BCUT2D eigenvalue weighted by molar-refractivity contribution is -0.0367. The second-order valence-electron chi connectivity index (χ2n) is 6.73. The molecule has 0 amide bonds. The van der Waals surface area contributed by atoms with E-state index in [1.807, 2.05) is 42.5 Å². The lowest BCUT2D eigenvalue weighted by atomic mass is 9.74. The number of rotatable bonds is 1. The molecule has 0 N–H and O–H groups in total. The van der Waals surface area contributed by atoms with Gasteiger partial charge in [0.05, 0.1) is 11.3 Å². The summed E-state index contributed by atoms with van der Waals surface area (Å²) in [6.45, 7) is 0.747. The Hall–Kier alpha value is -2.77. The van der Waals surface area contributed by atoms with Crippen molar-refractivity contribution in [3.63, 3.8) is 0 Å². The number of nitriles is 1. The summed E-state index contributed by atoms with van der Waals surface area (Å²) in [5.41, 5.74) is 2.86. The van der Waals surface area contributed by atoms with E-state index < -0.39 is 0 Å². The van der Waals surface area contributed by atoms with Crippen LogP contribution >= 0.6 is 0 Å². The molecule has 3 aliphatic heterocycles. The van der Waals surface area contributed by atoms with Crippen molar-refractivity contribution in [2.45, 2.75) is 25.0 Å². The van der Waals surface area contributed by atoms with E-state index in [2.05, 4.69) is 23.1 Å². The number of nitrogens with zero attached hydrogens (tertiary/aromatic N) is 2. The quantitative estimate of drug-likeness (QED) is 0.787. The predicted molar refractivity (Wildman–Crippen MR) is 93.8 cm³/mol. The third kappa shape index (κ3) is 2.09. The maximum absolute atomic E-state index is 9.98. The van der Waals surface area contributed by atoms with Crippen LogP contribution in [0.5, 0.6) is 5.75 Å². The minimum Gasteiger partial charge on any atom is -0.437 e. The van der Waals surface area contributed by atoms with Crippen molar-refractivity contribution < 1.29 is 9.47 Å². The molecular formula is C21H18N2O2. The van der Waals surface area contributed by atoms with Gasteiger partial charge in [-0.25, -0.2) is 0 Å². The molecule has 4 heteroatoms. The SMILES string of the molecule is N#CC1=C2Oc3ccccc3N2[C@@H]2OCCC[C@@H]2[C@@H]1c1ccccc1. The molecule has 3 atom stereocenters. The van der Waals surface area contributed by atoms with E-state index in [9.17, 15) is 5.26 Å². The lowest BCUT2D eigenvalue weighted by Crippen LogP contribution is -2.50. The molecule has 124 valence electrons. The molecule has 0 unspecified atom stereocenters. The van der Waals surface area contributed by atoms with Gasteiger partial charge in [0.25, 0.3) is 0 Å². The van der Waals surface area contributed by atoms with E-state index in [0.717, 1.165) is 36.4 Å². The second kappa shape index (κ2) is 5.65. The van der Waals surface area contributed by atoms with Gasteiger partial charge in [-0.3, -0.25) is 4.90 Å². The maximum atomic E-state index is 9.98. The zero-order valence-electron chi connectivity index (χ0n) is 13.8. The average molecular weight is 330 g/mol. The van der Waals surface area contributed by atoms with Crippen molar-refractivity contribution in [3.8, 4) is 11.8 Å². The van der Waals surface area contributed by atoms with E-state index in [0.29, 0.717) is 11.5 Å². The summed E-state index contributed by atoms with van der Waals surface area (Å²) in [7, 11) is 0. The van der Waals surface area contributed by atoms with Crippen LogP contribution in [-0.4, -0.2) is 12.8 Å². The summed E-state index contributed by atoms with van der Waals surface area (Å²) in [5, 5.41) is 9.98. The first-order valence-corrected chi connectivity index (χ1v) is 8.75. The Balaban J connectivity index is 1.72. The summed E-state index contributed by atoms with van der Waals surface area (Å²) < 4.78 is 12.3. The smallest absolute Gasteiger partial charge is 0.217 e. The molecule has 2 aromatic rings. The van der Waals surface area contributed by atoms with Crippen LogP contribution < -0.4 is 9.64 Å². The number of para-hydroxylation sites is 2. The summed E-state index contributed by atoms with van der Waals surface area (Å²) in [6.07, 6.45) is 1.98. The standard InChI is InChI=1S/C21H18N2O2/c22-13-16-19(14-7-2-1-3-8-14)15-9-6-12-24-20(15)23-17-10-4-5-11-18(17)25-21(16)23/h1-5,7-8,10-11,15,19-20H,6,9,12H2/t15-,19+,20-/m1/s1. The molecule has 0 aromatic heterocycles. The number of ether oxygens (including phenoxy) is 2. The molecule has 0 saturated carbocycles. The molecule has 3 heterocycles. The molecule has 3 aliphatic rings. The number of hydrogen-bond acceptors (Lipinski definition) is 4. The largest absolute Gasteiger partial charge is 0.437 e. The minimum absolute atomic E-state index is 0.0112. The molecule has 4 nitrogen and oxygen atoms in total. The molecule has 1 saturated heterocycles. The fourth-order valence-electron chi connectivity index (χ4n) is 4.37. The van der Waals surface area contributed by atoms with Crippen LogP contribution in [0.3, 0.4) is 0 Å². The van der Waals surface area contributed by atoms with Crippen LogP contribution in [0.4, 0.5) is 5.69 Å². The molecule has 25 heavy (non-hydrogen) atoms. The van der Waals surface area contributed by atoms with E-state index >= 15 is 0 Å². The molecule has 0 spiro atoms. The van der Waals surface area contributed by atoms with Crippen LogP contribution in [0.15, 0.2) is 66.1 Å². The van der Waals surface area contributed by atoms with Crippen LogP contribution in [0.2, 0.25) is 0 Å². The maximum Gasteiger partial charge on any atom is 0.217 e. The van der Waals surface area contributed by atoms with E-state index in [1.165, 1.54) is 0 Å². The first-order chi connectivity index (χ1) is 12.4. The van der Waals surface area contributed by atoms with Gasteiger partial charge in [-0.1, -0.05) is 42.5 Å². The summed E-state index contributed by atoms with van der Waals surface area (Å²) in [4.78, 5) is 2.09. The Morgan fingerprint density at radius 2 is 1.84 bits per heavy atom. The Morgan fingerprint density at radius 3 is 2.68 bits per heavy atom. The monoisotopic (exact) mass is 330 g/mol. The Kier molecular flexibility index (Phi) is 3.29. The molecule has 0 aliphatic carbocycles. The normalized spacial score (nSPS) is 27.0. The van der Waals surface area contributed by atoms with Gasteiger partial charge >= 0.3 is 0 Å². The van der Waals surface area contributed by atoms with E-state index in [-0.39, 0.29) is 18.1 Å². The number of benzene rings is 2. The van der Waals surface area contributed by atoms with Gasteiger partial charge in [0.1, 0.15) is 12.3 Å². The summed E-state index contributed by atoms with van der Waals surface area (Å²) in [6, 6.07) is 20.7. The number of fused-ring (bicyclic) bond motifs is 5. The molecule has 1 fully saturated rings. The Morgan fingerprint density at radius 1 is 1.04 bits per heavy atom. The number of anilines is 1. The topological polar surface area (TPSA) is 45.5 Å². The van der Waals surface area contributed by atoms with Gasteiger partial charge < -0.3 is 9.47 Å². The van der Waals surface area contributed by atoms with Crippen molar-refractivity contribution >= 4 is 5.69 Å². The van der Waals surface area contributed by atoms with E-state index in [4.69, 9.17) is 9.47 Å². The van der Waals surface area contributed by atoms with Crippen molar-refractivity contribution in [2.24, 2.45) is 5.92 Å².